The molecule has 0 aliphatic carbocycles. The molecule has 128 valence electrons. The Balaban J connectivity index is 1.83. The maximum Gasteiger partial charge on any atom is 0.322 e. The third-order valence-corrected chi connectivity index (χ3v) is 4.96. The molecule has 1 aliphatic rings. The molecule has 0 saturated heterocycles. The van der Waals surface area contributed by atoms with E-state index in [1.807, 2.05) is 24.0 Å². The van der Waals surface area contributed by atoms with Crippen LogP contribution in [0.1, 0.15) is 48.3 Å². The molecule has 1 atom stereocenters. The maximum atomic E-state index is 12.9. The SMILES string of the molecule is CCC[C@@H]1c2ccc(C)n2CCN1C(=O)Nc1ccc(C)cc1C. The fourth-order valence-electron chi connectivity index (χ4n) is 3.67. The number of fused-ring (bicyclic) bond motifs is 1. The summed E-state index contributed by atoms with van der Waals surface area (Å²) in [6.07, 6.45) is 2.05. The number of benzene rings is 1. The molecular weight excluding hydrogens is 298 g/mol. The number of amides is 2. The number of carbonyl (C=O) groups is 1. The van der Waals surface area contributed by atoms with E-state index in [-0.39, 0.29) is 12.1 Å². The lowest BCUT2D eigenvalue weighted by atomic mass is 10.0. The van der Waals surface area contributed by atoms with Gasteiger partial charge >= 0.3 is 6.03 Å². The first-order valence-corrected chi connectivity index (χ1v) is 8.82. The summed E-state index contributed by atoms with van der Waals surface area (Å²) in [6.45, 7) is 10.0. The Bertz CT molecular complexity index is 747. The van der Waals surface area contributed by atoms with Gasteiger partial charge < -0.3 is 14.8 Å². The van der Waals surface area contributed by atoms with Crippen molar-refractivity contribution in [3.8, 4) is 0 Å². The number of rotatable bonds is 3. The van der Waals surface area contributed by atoms with Crippen LogP contribution in [0.4, 0.5) is 10.5 Å². The molecule has 4 heteroatoms. The minimum atomic E-state index is 0.00510. The quantitative estimate of drug-likeness (QED) is 0.864. The molecule has 0 radical (unpaired) electrons. The molecule has 2 aromatic rings. The molecule has 0 unspecified atom stereocenters. The van der Waals surface area contributed by atoms with Crippen molar-refractivity contribution in [2.45, 2.75) is 53.1 Å². The van der Waals surface area contributed by atoms with Gasteiger partial charge in [0.15, 0.2) is 0 Å². The second-order valence-corrected chi connectivity index (χ2v) is 6.80. The highest BCUT2D eigenvalue weighted by atomic mass is 16.2. The van der Waals surface area contributed by atoms with E-state index in [1.165, 1.54) is 17.0 Å². The van der Waals surface area contributed by atoms with Gasteiger partial charge in [-0.15, -0.1) is 0 Å². The van der Waals surface area contributed by atoms with Crippen LogP contribution in [0, 0.1) is 20.8 Å². The standard InChI is InChI=1S/C20H27N3O/c1-5-6-18-19-10-8-16(4)22(19)11-12-23(18)20(24)21-17-9-7-14(2)13-15(17)3/h7-10,13,18H,5-6,11-12H2,1-4H3,(H,21,24)/t18-/m1/s1. The van der Waals surface area contributed by atoms with Gasteiger partial charge in [-0.1, -0.05) is 31.0 Å². The zero-order valence-electron chi connectivity index (χ0n) is 15.1. The number of aryl methyl sites for hydroxylation is 3. The summed E-state index contributed by atoms with van der Waals surface area (Å²) in [5.41, 5.74) is 5.75. The molecule has 24 heavy (non-hydrogen) atoms. The molecule has 4 nitrogen and oxygen atoms in total. The molecule has 0 spiro atoms. The van der Waals surface area contributed by atoms with E-state index in [0.29, 0.717) is 0 Å². The second-order valence-electron chi connectivity index (χ2n) is 6.80. The van der Waals surface area contributed by atoms with E-state index in [2.05, 4.69) is 48.9 Å². The Morgan fingerprint density at radius 1 is 1.17 bits per heavy atom. The van der Waals surface area contributed by atoms with Gasteiger partial charge in [-0.05, 0) is 51.0 Å². The van der Waals surface area contributed by atoms with Crippen molar-refractivity contribution in [2.75, 3.05) is 11.9 Å². The summed E-state index contributed by atoms with van der Waals surface area (Å²) in [7, 11) is 0. The molecule has 2 heterocycles. The molecular formula is C20H27N3O. The number of nitrogens with one attached hydrogen (secondary N) is 1. The Morgan fingerprint density at radius 3 is 2.67 bits per heavy atom. The van der Waals surface area contributed by atoms with Gasteiger partial charge in [-0.2, -0.15) is 0 Å². The van der Waals surface area contributed by atoms with E-state index >= 15 is 0 Å². The average Bonchev–Trinajstić information content (AvgIpc) is 2.92. The molecule has 1 aliphatic heterocycles. The number of urea groups is 1. The van der Waals surface area contributed by atoms with Crippen LogP contribution in [-0.2, 0) is 6.54 Å². The van der Waals surface area contributed by atoms with Crippen molar-refractivity contribution in [2.24, 2.45) is 0 Å². The average molecular weight is 325 g/mol. The zero-order chi connectivity index (χ0) is 17.3. The number of aromatic nitrogens is 1. The van der Waals surface area contributed by atoms with E-state index in [9.17, 15) is 4.79 Å². The van der Waals surface area contributed by atoms with Crippen molar-refractivity contribution in [3.63, 3.8) is 0 Å². The highest BCUT2D eigenvalue weighted by Crippen LogP contribution is 2.32. The molecule has 0 saturated carbocycles. The molecule has 1 aromatic heterocycles. The zero-order valence-corrected chi connectivity index (χ0v) is 15.1. The third-order valence-electron chi connectivity index (χ3n) is 4.96. The number of hydrogen-bond donors (Lipinski definition) is 1. The van der Waals surface area contributed by atoms with Crippen LogP contribution in [0.3, 0.4) is 0 Å². The first kappa shape index (κ1) is 16.6. The summed E-state index contributed by atoms with van der Waals surface area (Å²) < 4.78 is 2.35. The van der Waals surface area contributed by atoms with Crippen LogP contribution in [0.15, 0.2) is 30.3 Å². The van der Waals surface area contributed by atoms with Gasteiger partial charge in [0.1, 0.15) is 0 Å². The summed E-state index contributed by atoms with van der Waals surface area (Å²) in [5.74, 6) is 0. The lowest BCUT2D eigenvalue weighted by Crippen LogP contribution is -2.44. The molecule has 3 rings (SSSR count). The monoisotopic (exact) mass is 325 g/mol. The van der Waals surface area contributed by atoms with Crippen LogP contribution < -0.4 is 5.32 Å². The van der Waals surface area contributed by atoms with E-state index in [4.69, 9.17) is 0 Å². The minimum absolute atomic E-state index is 0.00510. The van der Waals surface area contributed by atoms with Gasteiger partial charge in [0.25, 0.3) is 0 Å². The lowest BCUT2D eigenvalue weighted by molar-refractivity contribution is 0.162. The third kappa shape index (κ3) is 3.05. The highest BCUT2D eigenvalue weighted by molar-refractivity contribution is 5.90. The maximum absolute atomic E-state index is 12.9. The molecule has 1 aromatic carbocycles. The van der Waals surface area contributed by atoms with Gasteiger partial charge in [-0.25, -0.2) is 4.79 Å². The lowest BCUT2D eigenvalue weighted by Gasteiger charge is -2.37. The Morgan fingerprint density at radius 2 is 1.96 bits per heavy atom. The number of carbonyl (C=O) groups excluding carboxylic acids is 1. The summed E-state index contributed by atoms with van der Waals surface area (Å²) >= 11 is 0. The summed E-state index contributed by atoms with van der Waals surface area (Å²) in [5, 5.41) is 3.11. The number of nitrogens with zero attached hydrogens (tertiary/aromatic N) is 2. The molecule has 1 N–H and O–H groups in total. The van der Waals surface area contributed by atoms with Crippen molar-refractivity contribution in [1.29, 1.82) is 0 Å². The molecule has 0 bridgehead atoms. The predicted molar refractivity (Wildman–Crippen MR) is 98.5 cm³/mol. The van der Waals surface area contributed by atoms with E-state index in [0.717, 1.165) is 37.2 Å². The normalized spacial score (nSPS) is 16.8. The molecule has 2 amide bonds. The Labute approximate surface area is 144 Å². The van der Waals surface area contributed by atoms with Crippen LogP contribution in [0.2, 0.25) is 0 Å². The second kappa shape index (κ2) is 6.71. The Hall–Kier alpha value is -2.23. The fourth-order valence-corrected chi connectivity index (χ4v) is 3.67. The largest absolute Gasteiger partial charge is 0.345 e. The van der Waals surface area contributed by atoms with Crippen LogP contribution >= 0.6 is 0 Å². The summed E-state index contributed by atoms with van der Waals surface area (Å²) in [6, 6.07) is 10.6. The summed E-state index contributed by atoms with van der Waals surface area (Å²) in [4.78, 5) is 14.9. The topological polar surface area (TPSA) is 37.3 Å². The van der Waals surface area contributed by atoms with Crippen LogP contribution in [0.5, 0.6) is 0 Å². The minimum Gasteiger partial charge on any atom is -0.345 e. The van der Waals surface area contributed by atoms with Crippen molar-refractivity contribution in [3.05, 3.63) is 52.8 Å². The first-order valence-electron chi connectivity index (χ1n) is 8.82. The molecule has 0 fully saturated rings. The van der Waals surface area contributed by atoms with E-state index < -0.39 is 0 Å². The fraction of sp³-hybridized carbons (Fsp3) is 0.450. The number of hydrogen-bond acceptors (Lipinski definition) is 1. The smallest absolute Gasteiger partial charge is 0.322 e. The van der Waals surface area contributed by atoms with E-state index in [1.54, 1.807) is 0 Å². The van der Waals surface area contributed by atoms with Crippen molar-refractivity contribution < 1.29 is 4.79 Å². The Kier molecular flexibility index (Phi) is 4.65. The van der Waals surface area contributed by atoms with Gasteiger partial charge in [0.2, 0.25) is 0 Å². The predicted octanol–water partition coefficient (Wildman–Crippen LogP) is 4.80. The van der Waals surface area contributed by atoms with Crippen molar-refractivity contribution in [1.82, 2.24) is 9.47 Å². The number of anilines is 1. The van der Waals surface area contributed by atoms with Crippen molar-refractivity contribution >= 4 is 11.7 Å². The van der Waals surface area contributed by atoms with Gasteiger partial charge in [0.05, 0.1) is 6.04 Å². The van der Waals surface area contributed by atoms with Gasteiger partial charge in [-0.3, -0.25) is 0 Å². The first-order chi connectivity index (χ1) is 11.5. The van der Waals surface area contributed by atoms with Gasteiger partial charge in [0, 0.05) is 30.2 Å². The van der Waals surface area contributed by atoms with Crippen LogP contribution in [-0.4, -0.2) is 22.0 Å². The highest BCUT2D eigenvalue weighted by Gasteiger charge is 2.31. The van der Waals surface area contributed by atoms with Crippen LogP contribution in [0.25, 0.3) is 0 Å².